The minimum atomic E-state index is -1.43. The molecule has 2 saturated heterocycles. The van der Waals surface area contributed by atoms with E-state index in [2.05, 4.69) is 16.2 Å². The second-order valence-electron chi connectivity index (χ2n) is 6.82. The Labute approximate surface area is 136 Å². The van der Waals surface area contributed by atoms with Gasteiger partial charge >= 0.3 is 0 Å². The topological polar surface area (TPSA) is 128 Å². The SMILES string of the molecule is CC1(C)O[C@H]2[C@H](c3ccc4c(N)ncnn34)O[C@]3(C#N)C(O)[C@]23O1. The normalized spacial score (nSPS) is 41.8. The van der Waals surface area contributed by atoms with Gasteiger partial charge in [-0.3, -0.25) is 0 Å². The number of rotatable bonds is 1. The lowest BCUT2D eigenvalue weighted by Gasteiger charge is -2.23. The molecular weight excluding hydrogens is 314 g/mol. The predicted octanol–water partition coefficient (Wildman–Crippen LogP) is -0.0900. The van der Waals surface area contributed by atoms with Gasteiger partial charge in [0.05, 0.1) is 5.69 Å². The first-order chi connectivity index (χ1) is 11.4. The fourth-order valence-electron chi connectivity index (χ4n) is 4.09. The minimum absolute atomic E-state index is 0.341. The van der Waals surface area contributed by atoms with Crippen LogP contribution in [0.2, 0.25) is 0 Å². The zero-order chi connectivity index (χ0) is 16.9. The summed E-state index contributed by atoms with van der Waals surface area (Å²) in [4.78, 5) is 3.96. The maximum Gasteiger partial charge on any atom is 0.218 e. The quantitative estimate of drug-likeness (QED) is 0.743. The number of aromatic nitrogens is 3. The number of anilines is 1. The van der Waals surface area contributed by atoms with E-state index in [9.17, 15) is 10.4 Å². The highest BCUT2D eigenvalue weighted by Gasteiger charge is 2.93. The van der Waals surface area contributed by atoms with E-state index in [1.165, 1.54) is 6.33 Å². The van der Waals surface area contributed by atoms with Gasteiger partial charge in [0, 0.05) is 0 Å². The van der Waals surface area contributed by atoms with Crippen molar-refractivity contribution in [3.63, 3.8) is 0 Å². The third-order valence-electron chi connectivity index (χ3n) is 5.09. The number of hydrogen-bond acceptors (Lipinski definition) is 8. The summed E-state index contributed by atoms with van der Waals surface area (Å²) in [5, 5.41) is 24.2. The van der Waals surface area contributed by atoms with Gasteiger partial charge in [0.1, 0.15) is 36.2 Å². The number of nitrogen functional groups attached to an aromatic ring is 1. The molecule has 0 aromatic carbocycles. The van der Waals surface area contributed by atoms with Gasteiger partial charge in [-0.2, -0.15) is 10.4 Å². The highest BCUT2D eigenvalue weighted by molar-refractivity contribution is 5.65. The molecule has 0 amide bonds. The lowest BCUT2D eigenvalue weighted by molar-refractivity contribution is -0.182. The Hall–Kier alpha value is -2.25. The van der Waals surface area contributed by atoms with Crippen LogP contribution < -0.4 is 5.73 Å². The molecule has 5 rings (SSSR count). The molecule has 2 aromatic rings. The van der Waals surface area contributed by atoms with E-state index >= 15 is 0 Å². The Balaban J connectivity index is 1.66. The molecule has 1 unspecified atom stereocenters. The number of hydrogen-bond donors (Lipinski definition) is 2. The van der Waals surface area contributed by atoms with Gasteiger partial charge in [0.15, 0.2) is 17.2 Å². The van der Waals surface area contributed by atoms with E-state index in [0.717, 1.165) is 0 Å². The second-order valence-corrected chi connectivity index (χ2v) is 6.82. The summed E-state index contributed by atoms with van der Waals surface area (Å²) in [6.07, 6.45) is -0.950. The van der Waals surface area contributed by atoms with Crippen LogP contribution >= 0.6 is 0 Å². The van der Waals surface area contributed by atoms with E-state index < -0.39 is 35.3 Å². The summed E-state index contributed by atoms with van der Waals surface area (Å²) < 4.78 is 19.5. The number of fused-ring (bicyclic) bond motifs is 1. The molecule has 1 spiro atoms. The van der Waals surface area contributed by atoms with Crippen LogP contribution in [0.5, 0.6) is 0 Å². The van der Waals surface area contributed by atoms with Gasteiger partial charge in [-0.1, -0.05) is 0 Å². The number of ether oxygens (including phenoxy) is 3. The summed E-state index contributed by atoms with van der Waals surface area (Å²) in [7, 11) is 0. The molecule has 3 aliphatic rings. The minimum Gasteiger partial charge on any atom is -0.386 e. The van der Waals surface area contributed by atoms with Crippen LogP contribution in [0.3, 0.4) is 0 Å². The molecule has 2 aromatic heterocycles. The number of aliphatic hydroxyl groups is 1. The van der Waals surface area contributed by atoms with Crippen LogP contribution in [0.15, 0.2) is 18.5 Å². The summed E-state index contributed by atoms with van der Waals surface area (Å²) >= 11 is 0. The standard InChI is InChI=1S/C15H15N5O4/c1-13(2)23-10-9(22-14(5-16)12(21)15(10,14)24-13)7-3-4-8-11(17)18-6-19-20(7)8/h3-4,6,9-10,12,21H,1-2H3,(H2,17,18,19)/t9-,10-,12?,14+,15+/m0/s1. The fourth-order valence-corrected chi connectivity index (χ4v) is 4.09. The molecule has 5 atom stereocenters. The van der Waals surface area contributed by atoms with Crippen molar-refractivity contribution >= 4 is 11.3 Å². The number of nitrogens with two attached hydrogens (primary N) is 1. The van der Waals surface area contributed by atoms with Gasteiger partial charge in [-0.25, -0.2) is 9.50 Å². The van der Waals surface area contributed by atoms with Crippen LogP contribution in [-0.2, 0) is 14.2 Å². The van der Waals surface area contributed by atoms with E-state index in [4.69, 9.17) is 19.9 Å². The molecule has 3 fully saturated rings. The smallest absolute Gasteiger partial charge is 0.218 e. The highest BCUT2D eigenvalue weighted by Crippen LogP contribution is 2.70. The van der Waals surface area contributed by atoms with Gasteiger partial charge in [-0.05, 0) is 26.0 Å². The molecule has 0 bridgehead atoms. The highest BCUT2D eigenvalue weighted by atomic mass is 16.8. The van der Waals surface area contributed by atoms with Crippen LogP contribution in [0, 0.1) is 11.3 Å². The predicted molar refractivity (Wildman–Crippen MR) is 78.3 cm³/mol. The second kappa shape index (κ2) is 3.87. The molecule has 3 N–H and O–H groups in total. The van der Waals surface area contributed by atoms with Crippen molar-refractivity contribution in [2.75, 3.05) is 5.73 Å². The van der Waals surface area contributed by atoms with E-state index in [0.29, 0.717) is 17.0 Å². The Bertz CT molecular complexity index is 920. The van der Waals surface area contributed by atoms with Crippen molar-refractivity contribution in [1.82, 2.24) is 14.6 Å². The van der Waals surface area contributed by atoms with Gasteiger partial charge in [0.2, 0.25) is 5.60 Å². The molecule has 9 heteroatoms. The summed E-state index contributed by atoms with van der Waals surface area (Å²) in [6, 6.07) is 5.65. The number of nitrogens with zero attached hydrogens (tertiary/aromatic N) is 4. The average Bonchev–Trinajstić information content (AvgIpc) is 2.94. The third kappa shape index (κ3) is 1.31. The third-order valence-corrected chi connectivity index (χ3v) is 5.09. The van der Waals surface area contributed by atoms with Crippen molar-refractivity contribution in [1.29, 1.82) is 5.26 Å². The first-order valence-corrected chi connectivity index (χ1v) is 7.59. The Kier molecular flexibility index (Phi) is 2.28. The first-order valence-electron chi connectivity index (χ1n) is 7.59. The lowest BCUT2D eigenvalue weighted by atomic mass is 10.0. The fraction of sp³-hybridized carbons (Fsp3) is 0.533. The largest absolute Gasteiger partial charge is 0.386 e. The Morgan fingerprint density at radius 2 is 2.17 bits per heavy atom. The molecular formula is C15H15N5O4. The van der Waals surface area contributed by atoms with Crippen molar-refractivity contribution < 1.29 is 19.3 Å². The Morgan fingerprint density at radius 1 is 1.38 bits per heavy atom. The number of aliphatic hydroxyl groups excluding tert-OH is 1. The van der Waals surface area contributed by atoms with Crippen LogP contribution in [0.25, 0.3) is 5.52 Å². The van der Waals surface area contributed by atoms with E-state index in [-0.39, 0.29) is 0 Å². The summed E-state index contributed by atoms with van der Waals surface area (Å²) in [6.45, 7) is 3.50. The van der Waals surface area contributed by atoms with Crippen molar-refractivity contribution in [3.05, 3.63) is 24.2 Å². The molecule has 1 aliphatic carbocycles. The molecule has 4 heterocycles. The summed E-state index contributed by atoms with van der Waals surface area (Å²) in [5.41, 5.74) is 4.55. The van der Waals surface area contributed by atoms with Crippen LogP contribution in [0.4, 0.5) is 5.82 Å². The lowest BCUT2D eigenvalue weighted by Crippen LogP contribution is -2.32. The van der Waals surface area contributed by atoms with Crippen molar-refractivity contribution in [3.8, 4) is 6.07 Å². The molecule has 124 valence electrons. The molecule has 24 heavy (non-hydrogen) atoms. The molecule has 1 saturated carbocycles. The maximum absolute atomic E-state index is 10.4. The molecule has 9 nitrogen and oxygen atoms in total. The van der Waals surface area contributed by atoms with Crippen molar-refractivity contribution in [2.45, 2.75) is 49.1 Å². The maximum atomic E-state index is 10.4. The first kappa shape index (κ1) is 14.1. The van der Waals surface area contributed by atoms with Crippen LogP contribution in [-0.4, -0.2) is 48.9 Å². The zero-order valence-corrected chi connectivity index (χ0v) is 13.0. The van der Waals surface area contributed by atoms with E-state index in [1.54, 1.807) is 30.5 Å². The van der Waals surface area contributed by atoms with Gasteiger partial charge in [-0.15, -0.1) is 0 Å². The molecule has 0 radical (unpaired) electrons. The monoisotopic (exact) mass is 329 g/mol. The Morgan fingerprint density at radius 3 is 2.92 bits per heavy atom. The number of nitriles is 1. The average molecular weight is 329 g/mol. The van der Waals surface area contributed by atoms with Gasteiger partial charge in [0.25, 0.3) is 0 Å². The zero-order valence-electron chi connectivity index (χ0n) is 13.0. The summed E-state index contributed by atoms with van der Waals surface area (Å²) in [5.74, 6) is -0.582. The van der Waals surface area contributed by atoms with Crippen LogP contribution in [0.1, 0.15) is 25.6 Å². The molecule has 2 aliphatic heterocycles. The van der Waals surface area contributed by atoms with Crippen molar-refractivity contribution in [2.24, 2.45) is 0 Å². The van der Waals surface area contributed by atoms with E-state index in [1.807, 2.05) is 0 Å². The van der Waals surface area contributed by atoms with Gasteiger partial charge < -0.3 is 25.1 Å².